The predicted molar refractivity (Wildman–Crippen MR) is 104 cm³/mol. The van der Waals surface area contributed by atoms with Crippen molar-refractivity contribution in [3.05, 3.63) is 0 Å². The van der Waals surface area contributed by atoms with Gasteiger partial charge in [0, 0.05) is 37.1 Å². The SMILES string of the molecule is CCNC(=NCC(CC)CC)NC1C2CCOC2C1(C)C.I. The van der Waals surface area contributed by atoms with Crippen molar-refractivity contribution in [2.24, 2.45) is 22.2 Å². The van der Waals surface area contributed by atoms with Crippen LogP contribution in [0, 0.1) is 17.3 Å². The lowest BCUT2D eigenvalue weighted by Gasteiger charge is -2.54. The summed E-state index contributed by atoms with van der Waals surface area (Å²) < 4.78 is 5.87. The molecule has 5 heteroatoms. The van der Waals surface area contributed by atoms with Crippen LogP contribution in [0.15, 0.2) is 4.99 Å². The molecule has 0 radical (unpaired) electrons. The Bertz CT molecular complexity index is 369. The van der Waals surface area contributed by atoms with Crippen molar-refractivity contribution in [3.63, 3.8) is 0 Å². The van der Waals surface area contributed by atoms with E-state index in [0.717, 1.165) is 25.7 Å². The Morgan fingerprint density at radius 1 is 1.27 bits per heavy atom. The number of hydrogen-bond donors (Lipinski definition) is 2. The molecule has 0 amide bonds. The van der Waals surface area contributed by atoms with E-state index >= 15 is 0 Å². The lowest BCUT2D eigenvalue weighted by Crippen LogP contribution is -2.68. The highest BCUT2D eigenvalue weighted by Gasteiger charge is 2.59. The molecule has 1 aliphatic carbocycles. The number of nitrogens with one attached hydrogen (secondary N) is 2. The van der Waals surface area contributed by atoms with Crippen LogP contribution in [-0.4, -0.2) is 37.8 Å². The van der Waals surface area contributed by atoms with E-state index in [-0.39, 0.29) is 29.4 Å². The van der Waals surface area contributed by atoms with Crippen molar-refractivity contribution in [3.8, 4) is 0 Å². The summed E-state index contributed by atoms with van der Waals surface area (Å²) >= 11 is 0. The van der Waals surface area contributed by atoms with Gasteiger partial charge in [-0.05, 0) is 19.3 Å². The van der Waals surface area contributed by atoms with Gasteiger partial charge in [0.2, 0.25) is 0 Å². The third-order valence-electron chi connectivity index (χ3n) is 5.40. The molecule has 0 spiro atoms. The molecule has 3 atom stereocenters. The number of fused-ring (bicyclic) bond motifs is 1. The predicted octanol–water partition coefficient (Wildman–Crippen LogP) is 3.41. The van der Waals surface area contributed by atoms with E-state index in [1.54, 1.807) is 0 Å². The molecule has 2 N–H and O–H groups in total. The minimum absolute atomic E-state index is 0. The zero-order chi connectivity index (χ0) is 15.5. The van der Waals surface area contributed by atoms with E-state index in [2.05, 4.69) is 45.3 Å². The second kappa shape index (κ2) is 8.71. The zero-order valence-electron chi connectivity index (χ0n) is 14.8. The topological polar surface area (TPSA) is 45.7 Å². The summed E-state index contributed by atoms with van der Waals surface area (Å²) in [5, 5.41) is 7.08. The maximum atomic E-state index is 5.87. The van der Waals surface area contributed by atoms with Gasteiger partial charge in [0.1, 0.15) is 0 Å². The Morgan fingerprint density at radius 3 is 2.55 bits per heavy atom. The first kappa shape index (κ1) is 20.0. The molecule has 2 fully saturated rings. The smallest absolute Gasteiger partial charge is 0.191 e. The van der Waals surface area contributed by atoms with Crippen molar-refractivity contribution >= 4 is 29.9 Å². The lowest BCUT2D eigenvalue weighted by molar-refractivity contribution is -0.106. The molecular weight excluding hydrogens is 389 g/mol. The minimum Gasteiger partial charge on any atom is -0.377 e. The van der Waals surface area contributed by atoms with Crippen LogP contribution >= 0.6 is 24.0 Å². The highest BCUT2D eigenvalue weighted by molar-refractivity contribution is 14.0. The van der Waals surface area contributed by atoms with Gasteiger partial charge < -0.3 is 15.4 Å². The Hall–Kier alpha value is -0.0400. The fourth-order valence-electron chi connectivity index (χ4n) is 3.85. The summed E-state index contributed by atoms with van der Waals surface area (Å²) in [5.41, 5.74) is 0.201. The van der Waals surface area contributed by atoms with Crippen LogP contribution in [0.5, 0.6) is 0 Å². The van der Waals surface area contributed by atoms with Crippen molar-refractivity contribution < 1.29 is 4.74 Å². The third kappa shape index (κ3) is 4.08. The molecule has 1 heterocycles. The molecule has 0 aromatic heterocycles. The molecule has 22 heavy (non-hydrogen) atoms. The van der Waals surface area contributed by atoms with E-state index in [1.165, 1.54) is 19.3 Å². The van der Waals surface area contributed by atoms with Crippen molar-refractivity contribution in [1.29, 1.82) is 0 Å². The Kier molecular flexibility index (Phi) is 7.92. The molecule has 4 nitrogen and oxygen atoms in total. The summed E-state index contributed by atoms with van der Waals surface area (Å²) in [6.45, 7) is 14.0. The molecule has 2 aliphatic rings. The van der Waals surface area contributed by atoms with Crippen LogP contribution in [0.1, 0.15) is 53.9 Å². The van der Waals surface area contributed by atoms with E-state index in [1.807, 2.05) is 0 Å². The molecule has 3 unspecified atom stereocenters. The maximum absolute atomic E-state index is 5.87. The summed E-state index contributed by atoms with van der Waals surface area (Å²) in [5.74, 6) is 2.32. The quantitative estimate of drug-likeness (QED) is 0.391. The average molecular weight is 423 g/mol. The number of ether oxygens (including phenoxy) is 1. The van der Waals surface area contributed by atoms with Gasteiger partial charge in [0.25, 0.3) is 0 Å². The normalized spacial score (nSPS) is 29.5. The van der Waals surface area contributed by atoms with Crippen molar-refractivity contribution in [1.82, 2.24) is 10.6 Å². The van der Waals surface area contributed by atoms with E-state index in [0.29, 0.717) is 24.0 Å². The second-order valence-corrected chi connectivity index (χ2v) is 7.09. The fourth-order valence-corrected chi connectivity index (χ4v) is 3.85. The van der Waals surface area contributed by atoms with Crippen LogP contribution < -0.4 is 10.6 Å². The third-order valence-corrected chi connectivity index (χ3v) is 5.40. The minimum atomic E-state index is 0. The first-order valence-electron chi connectivity index (χ1n) is 8.70. The van der Waals surface area contributed by atoms with Gasteiger partial charge in [-0.15, -0.1) is 24.0 Å². The van der Waals surface area contributed by atoms with Crippen LogP contribution in [-0.2, 0) is 4.74 Å². The van der Waals surface area contributed by atoms with E-state index in [4.69, 9.17) is 9.73 Å². The first-order valence-corrected chi connectivity index (χ1v) is 8.70. The monoisotopic (exact) mass is 423 g/mol. The van der Waals surface area contributed by atoms with Crippen LogP contribution in [0.25, 0.3) is 0 Å². The van der Waals surface area contributed by atoms with Crippen LogP contribution in [0.4, 0.5) is 0 Å². The molecule has 0 aromatic carbocycles. The number of nitrogens with zero attached hydrogens (tertiary/aromatic N) is 1. The molecular formula is C17H34IN3O. The molecule has 1 saturated carbocycles. The molecule has 1 saturated heterocycles. The fraction of sp³-hybridized carbons (Fsp3) is 0.941. The van der Waals surface area contributed by atoms with Crippen LogP contribution in [0.3, 0.4) is 0 Å². The number of hydrogen-bond acceptors (Lipinski definition) is 2. The summed E-state index contributed by atoms with van der Waals surface area (Å²) in [4.78, 5) is 4.81. The number of guanidine groups is 1. The first-order chi connectivity index (χ1) is 10.0. The van der Waals surface area contributed by atoms with Crippen LogP contribution in [0.2, 0.25) is 0 Å². The summed E-state index contributed by atoms with van der Waals surface area (Å²) in [6.07, 6.45) is 4.01. The summed E-state index contributed by atoms with van der Waals surface area (Å²) in [7, 11) is 0. The lowest BCUT2D eigenvalue weighted by atomic mass is 9.57. The second-order valence-electron chi connectivity index (χ2n) is 7.09. The molecule has 2 rings (SSSR count). The van der Waals surface area contributed by atoms with Gasteiger partial charge >= 0.3 is 0 Å². The molecule has 0 bridgehead atoms. The molecule has 130 valence electrons. The Labute approximate surface area is 153 Å². The van der Waals surface area contributed by atoms with E-state index in [9.17, 15) is 0 Å². The largest absolute Gasteiger partial charge is 0.377 e. The van der Waals surface area contributed by atoms with Crippen molar-refractivity contribution in [2.75, 3.05) is 19.7 Å². The van der Waals surface area contributed by atoms with E-state index < -0.39 is 0 Å². The Morgan fingerprint density at radius 2 is 1.95 bits per heavy atom. The average Bonchev–Trinajstić information content (AvgIpc) is 2.92. The molecule has 1 aliphatic heterocycles. The van der Waals surface area contributed by atoms with Gasteiger partial charge in [-0.3, -0.25) is 4.99 Å². The Balaban J connectivity index is 0.00000242. The van der Waals surface area contributed by atoms with Crippen molar-refractivity contribution in [2.45, 2.75) is 66.0 Å². The standard InChI is InChI=1S/C17H33N3O.HI/c1-6-12(7-2)11-19-16(18-8-3)20-14-13-9-10-21-15(13)17(14,4)5;/h12-15H,6-11H2,1-5H3,(H2,18,19,20);1H. The van der Waals surface area contributed by atoms with Gasteiger partial charge in [-0.25, -0.2) is 0 Å². The highest BCUT2D eigenvalue weighted by Crippen LogP contribution is 2.52. The highest BCUT2D eigenvalue weighted by atomic mass is 127. The maximum Gasteiger partial charge on any atom is 0.191 e. The summed E-state index contributed by atoms with van der Waals surface area (Å²) in [6, 6.07) is 0.476. The van der Waals surface area contributed by atoms with Gasteiger partial charge in [-0.1, -0.05) is 40.5 Å². The molecule has 0 aromatic rings. The number of aliphatic imine (C=N–C) groups is 1. The number of halogens is 1. The number of rotatable bonds is 6. The zero-order valence-corrected chi connectivity index (χ0v) is 17.1. The van der Waals surface area contributed by atoms with Gasteiger partial charge in [0.05, 0.1) is 6.10 Å². The van der Waals surface area contributed by atoms with Gasteiger partial charge in [-0.2, -0.15) is 0 Å². The van der Waals surface area contributed by atoms with Gasteiger partial charge in [0.15, 0.2) is 5.96 Å².